The van der Waals surface area contributed by atoms with Gasteiger partial charge in [0, 0.05) is 21.7 Å². The number of H-pyrrole nitrogens is 1. The number of hydrogen-bond donors (Lipinski definition) is 3. The van der Waals surface area contributed by atoms with Crippen molar-refractivity contribution in [1.82, 2.24) is 19.9 Å². The van der Waals surface area contributed by atoms with Crippen LogP contribution in [0.15, 0.2) is 36.9 Å². The summed E-state index contributed by atoms with van der Waals surface area (Å²) in [6, 6.07) is 5.40. The molecule has 0 bridgehead atoms. The van der Waals surface area contributed by atoms with Crippen LogP contribution in [0.5, 0.6) is 5.75 Å². The van der Waals surface area contributed by atoms with E-state index in [2.05, 4.69) is 25.3 Å². The average Bonchev–Trinajstić information content (AvgIpc) is 3.24. The van der Waals surface area contributed by atoms with Crippen molar-refractivity contribution < 1.29 is 13.9 Å². The van der Waals surface area contributed by atoms with Gasteiger partial charge in [0.05, 0.1) is 19.5 Å². The average molecular weight is 455 g/mol. The number of hydrogen-bond acceptors (Lipinski definition) is 6. The van der Waals surface area contributed by atoms with Crippen LogP contribution < -0.4 is 15.8 Å². The van der Waals surface area contributed by atoms with E-state index in [1.54, 1.807) is 13.0 Å². The number of methoxy groups -OCH3 is 1. The molecule has 4 N–H and O–H groups in total. The highest BCUT2D eigenvalue weighted by Crippen LogP contribution is 2.43. The third-order valence-corrected chi connectivity index (χ3v) is 5.62. The summed E-state index contributed by atoms with van der Waals surface area (Å²) in [6.45, 7) is 3.72. The Labute approximate surface area is 188 Å². The molecule has 164 valence electrons. The van der Waals surface area contributed by atoms with E-state index in [1.165, 1.54) is 31.9 Å². The molecule has 4 rings (SSSR count). The Hall–Kier alpha value is -3.72. The van der Waals surface area contributed by atoms with Crippen LogP contribution in [0.2, 0.25) is 5.02 Å². The minimum atomic E-state index is -0.730. The monoisotopic (exact) mass is 454 g/mol. The quantitative estimate of drug-likeness (QED) is 0.397. The van der Waals surface area contributed by atoms with Gasteiger partial charge >= 0.3 is 0 Å². The Morgan fingerprint density at radius 1 is 1.25 bits per heavy atom. The van der Waals surface area contributed by atoms with E-state index in [0.29, 0.717) is 50.0 Å². The van der Waals surface area contributed by atoms with Gasteiger partial charge in [-0.2, -0.15) is 0 Å². The molecule has 0 saturated carbocycles. The molecule has 2 aromatic heterocycles. The predicted molar refractivity (Wildman–Crippen MR) is 120 cm³/mol. The Balaban J connectivity index is 1.85. The topological polar surface area (TPSA) is 119 Å². The van der Waals surface area contributed by atoms with Crippen LogP contribution >= 0.6 is 11.6 Å². The summed E-state index contributed by atoms with van der Waals surface area (Å²) in [5.41, 5.74) is 9.02. The van der Waals surface area contributed by atoms with Crippen molar-refractivity contribution in [2.45, 2.75) is 19.9 Å². The van der Waals surface area contributed by atoms with Gasteiger partial charge in [0.25, 0.3) is 0 Å². The highest BCUT2D eigenvalue weighted by atomic mass is 35.5. The number of aromatic amines is 1. The Bertz CT molecular complexity index is 1340. The number of nitrogens with two attached hydrogens (primary N) is 1. The second-order valence-electron chi connectivity index (χ2n) is 7.26. The van der Waals surface area contributed by atoms with E-state index in [0.717, 1.165) is 6.07 Å². The first-order chi connectivity index (χ1) is 15.3. The van der Waals surface area contributed by atoms with E-state index in [4.69, 9.17) is 22.1 Å². The first-order valence-electron chi connectivity index (χ1n) is 9.68. The maximum atomic E-state index is 14.3. The largest absolute Gasteiger partial charge is 0.496 e. The predicted octanol–water partition coefficient (Wildman–Crippen LogP) is 4.40. The number of nitrogens with zero attached hydrogens (tertiary/aromatic N) is 3. The lowest BCUT2D eigenvalue weighted by Gasteiger charge is -2.23. The van der Waals surface area contributed by atoms with Crippen molar-refractivity contribution >= 4 is 34.5 Å². The Kier molecular flexibility index (Phi) is 5.67. The van der Waals surface area contributed by atoms with Crippen molar-refractivity contribution in [2.24, 2.45) is 5.73 Å². The van der Waals surface area contributed by atoms with Gasteiger partial charge in [-0.3, -0.25) is 4.79 Å². The number of fused-ring (bicyclic) bond motifs is 1. The van der Waals surface area contributed by atoms with E-state index >= 15 is 0 Å². The van der Waals surface area contributed by atoms with Crippen molar-refractivity contribution in [3.05, 3.63) is 64.5 Å². The fraction of sp³-hybridized carbons (Fsp3) is 0.182. The summed E-state index contributed by atoms with van der Waals surface area (Å²) in [5, 5.41) is 3.78. The number of anilines is 1. The van der Waals surface area contributed by atoms with E-state index < -0.39 is 11.7 Å². The fourth-order valence-electron chi connectivity index (χ4n) is 3.67. The van der Waals surface area contributed by atoms with Gasteiger partial charge in [0.15, 0.2) is 11.5 Å². The van der Waals surface area contributed by atoms with E-state index in [1.807, 2.05) is 6.92 Å². The number of aromatic nitrogens is 4. The van der Waals surface area contributed by atoms with Crippen LogP contribution in [0.4, 0.5) is 10.2 Å². The number of carbonyl (C=O) groups excluding carboxylic acids is 1. The smallest absolute Gasteiger partial charge is 0.248 e. The minimum Gasteiger partial charge on any atom is -0.496 e. The molecule has 0 aliphatic heterocycles. The molecule has 0 saturated heterocycles. The summed E-state index contributed by atoms with van der Waals surface area (Å²) < 4.78 is 20.0. The molecule has 8 nitrogen and oxygen atoms in total. The van der Waals surface area contributed by atoms with Crippen LogP contribution in [0.25, 0.3) is 22.3 Å². The molecule has 4 aromatic rings. The van der Waals surface area contributed by atoms with Gasteiger partial charge in [0.2, 0.25) is 5.91 Å². The third-order valence-electron chi connectivity index (χ3n) is 5.22. The van der Waals surface area contributed by atoms with Gasteiger partial charge in [-0.05, 0) is 49.2 Å². The van der Waals surface area contributed by atoms with E-state index in [-0.39, 0.29) is 11.6 Å². The maximum absolute atomic E-state index is 14.3. The van der Waals surface area contributed by atoms with Crippen molar-refractivity contribution in [3.8, 4) is 16.9 Å². The number of imidazole rings is 1. The van der Waals surface area contributed by atoms with Crippen molar-refractivity contribution in [1.29, 1.82) is 0 Å². The number of nitrogens with one attached hydrogen (secondary N) is 2. The van der Waals surface area contributed by atoms with Gasteiger partial charge in [0.1, 0.15) is 23.4 Å². The fourth-order valence-corrected chi connectivity index (χ4v) is 3.88. The molecule has 0 radical (unpaired) electrons. The number of benzene rings is 2. The first-order valence-corrected chi connectivity index (χ1v) is 10.1. The summed E-state index contributed by atoms with van der Waals surface area (Å²) in [6.07, 6.45) is 2.96. The van der Waals surface area contributed by atoms with Crippen LogP contribution in [0, 0.1) is 12.7 Å². The molecule has 2 heterocycles. The van der Waals surface area contributed by atoms with Crippen molar-refractivity contribution in [2.75, 3.05) is 12.4 Å². The molecule has 0 aliphatic rings. The molecule has 0 spiro atoms. The number of amides is 1. The lowest BCUT2D eigenvalue weighted by Crippen LogP contribution is -2.12. The first kappa shape index (κ1) is 21.5. The number of halogens is 2. The van der Waals surface area contributed by atoms with Crippen LogP contribution in [0.3, 0.4) is 0 Å². The summed E-state index contributed by atoms with van der Waals surface area (Å²) in [4.78, 5) is 27.2. The summed E-state index contributed by atoms with van der Waals surface area (Å²) >= 11 is 6.55. The summed E-state index contributed by atoms with van der Waals surface area (Å²) in [5.74, 6) is -0.273. The zero-order valence-electron chi connectivity index (χ0n) is 17.5. The molecular weight excluding hydrogens is 435 g/mol. The molecule has 0 fully saturated rings. The molecule has 2 aromatic carbocycles. The minimum absolute atomic E-state index is 0.0526. The highest BCUT2D eigenvalue weighted by molar-refractivity contribution is 6.32. The van der Waals surface area contributed by atoms with Crippen LogP contribution in [-0.2, 0) is 0 Å². The van der Waals surface area contributed by atoms with Gasteiger partial charge < -0.3 is 20.8 Å². The van der Waals surface area contributed by atoms with Gasteiger partial charge in [-0.1, -0.05) is 11.6 Å². The summed E-state index contributed by atoms with van der Waals surface area (Å²) in [7, 11) is 1.52. The molecule has 0 aliphatic carbocycles. The second kappa shape index (κ2) is 8.43. The zero-order chi connectivity index (χ0) is 23.0. The lowest BCUT2D eigenvalue weighted by molar-refractivity contribution is 0.1000. The van der Waals surface area contributed by atoms with Gasteiger partial charge in [-0.15, -0.1) is 0 Å². The zero-order valence-corrected chi connectivity index (χ0v) is 18.3. The highest BCUT2D eigenvalue weighted by Gasteiger charge is 2.23. The van der Waals surface area contributed by atoms with E-state index in [9.17, 15) is 9.18 Å². The molecule has 1 atom stereocenters. The number of ether oxygens (including phenoxy) is 1. The van der Waals surface area contributed by atoms with Gasteiger partial charge in [-0.25, -0.2) is 19.3 Å². The Morgan fingerprint density at radius 2 is 2.03 bits per heavy atom. The lowest BCUT2D eigenvalue weighted by atomic mass is 9.92. The third kappa shape index (κ3) is 3.82. The molecule has 10 heteroatoms. The number of rotatable bonds is 6. The molecular formula is C22H20ClFN6O2. The second-order valence-corrected chi connectivity index (χ2v) is 7.67. The molecule has 32 heavy (non-hydrogen) atoms. The molecule has 1 unspecified atom stereocenters. The normalized spacial score (nSPS) is 12.0. The number of primary amides is 1. The SMILES string of the molecule is COc1c(C(C)Nc2ncnc3nc[nH]c23)cc(Cl)c(C)c1-c1cc(F)cc(C(N)=O)c1. The Morgan fingerprint density at radius 3 is 2.75 bits per heavy atom. The standard InChI is InChI=1S/C22H20ClFN6O2/c1-10-16(23)7-15(11(2)30-22-18-21(27-8-26-18)28-9-29-22)19(32-3)17(10)12-4-13(20(25)31)6-14(24)5-12/h4-9,11H,1-3H3,(H2,25,31)(H2,26,27,28,29,30). The molecule has 1 amide bonds. The number of carbonyl (C=O) groups is 1. The maximum Gasteiger partial charge on any atom is 0.248 e. The van der Waals surface area contributed by atoms with Crippen LogP contribution in [0.1, 0.15) is 34.5 Å². The van der Waals surface area contributed by atoms with Crippen molar-refractivity contribution in [3.63, 3.8) is 0 Å². The van der Waals surface area contributed by atoms with Crippen LogP contribution in [-0.4, -0.2) is 33.0 Å².